The number of rotatable bonds is 7. The van der Waals surface area contributed by atoms with E-state index >= 15 is 0 Å². The fourth-order valence-corrected chi connectivity index (χ4v) is 3.29. The lowest BCUT2D eigenvalue weighted by molar-refractivity contribution is -0.0498. The smallest absolute Gasteiger partial charge is 0.387 e. The van der Waals surface area contributed by atoms with E-state index in [1.54, 1.807) is 6.07 Å². The largest absolute Gasteiger partial charge is 0.435 e. The molecule has 1 N–H and O–H groups in total. The number of carbonyl (C=O) groups excluding carboxylic acids is 1. The van der Waals surface area contributed by atoms with Crippen LogP contribution < -0.4 is 10.1 Å². The molecule has 0 spiro atoms. The second-order valence-corrected chi connectivity index (χ2v) is 6.29. The number of amides is 1. The lowest BCUT2D eigenvalue weighted by Gasteiger charge is -2.28. The Bertz CT molecular complexity index is 719. The first-order valence-corrected chi connectivity index (χ1v) is 8.75. The van der Waals surface area contributed by atoms with Crippen LogP contribution in [0.25, 0.3) is 0 Å². The second kappa shape index (κ2) is 8.76. The number of hydrogen-bond donors (Lipinski definition) is 1. The maximum atomic E-state index is 12.5. The molecule has 1 fully saturated rings. The van der Waals surface area contributed by atoms with Crippen LogP contribution in [0.15, 0.2) is 54.6 Å². The van der Waals surface area contributed by atoms with E-state index < -0.39 is 6.61 Å². The molecule has 1 atom stereocenters. The Balaban J connectivity index is 1.67. The Hall–Kier alpha value is -2.47. The van der Waals surface area contributed by atoms with Crippen molar-refractivity contribution >= 4 is 5.91 Å². The summed E-state index contributed by atoms with van der Waals surface area (Å²) in [7, 11) is 0. The Kier molecular flexibility index (Phi) is 6.17. The summed E-state index contributed by atoms with van der Waals surface area (Å²) < 4.78 is 29.0. The summed E-state index contributed by atoms with van der Waals surface area (Å²) in [5.74, 6) is -0.323. The number of likely N-dealkylation sites (tertiary alicyclic amines) is 1. The molecule has 0 radical (unpaired) electrons. The normalized spacial score (nSPS) is 15.8. The van der Waals surface area contributed by atoms with E-state index in [0.29, 0.717) is 12.1 Å². The zero-order valence-corrected chi connectivity index (χ0v) is 14.4. The van der Waals surface area contributed by atoms with Crippen LogP contribution in [0.2, 0.25) is 0 Å². The van der Waals surface area contributed by atoms with Gasteiger partial charge in [-0.1, -0.05) is 36.4 Å². The van der Waals surface area contributed by atoms with Gasteiger partial charge in [0.15, 0.2) is 0 Å². The van der Waals surface area contributed by atoms with E-state index in [2.05, 4.69) is 27.1 Å². The van der Waals surface area contributed by atoms with E-state index in [9.17, 15) is 13.6 Å². The predicted molar refractivity (Wildman–Crippen MR) is 95.4 cm³/mol. The van der Waals surface area contributed by atoms with E-state index in [4.69, 9.17) is 0 Å². The molecule has 0 saturated carbocycles. The van der Waals surface area contributed by atoms with E-state index in [1.807, 2.05) is 18.2 Å². The van der Waals surface area contributed by atoms with Crippen molar-refractivity contribution in [3.63, 3.8) is 0 Å². The molecule has 1 unspecified atom stereocenters. The minimum absolute atomic E-state index is 0.0215. The molecule has 1 heterocycles. The molecule has 0 aliphatic carbocycles. The Morgan fingerprint density at radius 1 is 1.08 bits per heavy atom. The third-order valence-electron chi connectivity index (χ3n) is 4.54. The van der Waals surface area contributed by atoms with Crippen LogP contribution in [0.5, 0.6) is 5.75 Å². The van der Waals surface area contributed by atoms with Gasteiger partial charge < -0.3 is 10.1 Å². The summed E-state index contributed by atoms with van der Waals surface area (Å²) in [5, 5.41) is 2.93. The number of halogens is 2. The van der Waals surface area contributed by atoms with Crippen LogP contribution in [0, 0.1) is 0 Å². The summed E-state index contributed by atoms with van der Waals surface area (Å²) in [6, 6.07) is 16.0. The number of alkyl halides is 2. The Labute approximate surface area is 151 Å². The number of hydrogen-bond acceptors (Lipinski definition) is 3. The number of nitrogens with one attached hydrogen (secondary N) is 1. The summed E-state index contributed by atoms with van der Waals surface area (Å²) in [4.78, 5) is 14.8. The van der Waals surface area contributed by atoms with E-state index in [1.165, 1.54) is 18.2 Å². The van der Waals surface area contributed by atoms with E-state index in [0.717, 1.165) is 31.5 Å². The van der Waals surface area contributed by atoms with Crippen molar-refractivity contribution < 1.29 is 18.3 Å². The van der Waals surface area contributed by atoms with Gasteiger partial charge in [-0.05, 0) is 49.7 Å². The molecular weight excluding hydrogens is 338 g/mol. The highest BCUT2D eigenvalue weighted by Gasteiger charge is 2.24. The number of nitrogens with zero attached hydrogens (tertiary/aromatic N) is 1. The first-order chi connectivity index (χ1) is 12.6. The summed E-state index contributed by atoms with van der Waals surface area (Å²) in [6.07, 6.45) is 2.31. The highest BCUT2D eigenvalue weighted by molar-refractivity contribution is 5.94. The zero-order chi connectivity index (χ0) is 18.4. The predicted octanol–water partition coefficient (Wildman–Crippen LogP) is 3.85. The number of carbonyl (C=O) groups is 1. The molecule has 2 aromatic rings. The summed E-state index contributed by atoms with van der Waals surface area (Å²) in [5.41, 5.74) is 1.46. The minimum atomic E-state index is -2.91. The highest BCUT2D eigenvalue weighted by atomic mass is 19.3. The summed E-state index contributed by atoms with van der Waals surface area (Å²) >= 11 is 0. The molecule has 6 heteroatoms. The van der Waals surface area contributed by atoms with Gasteiger partial charge >= 0.3 is 6.61 Å². The fourth-order valence-electron chi connectivity index (χ4n) is 3.29. The summed E-state index contributed by atoms with van der Waals surface area (Å²) in [6.45, 7) is -0.436. The third kappa shape index (κ3) is 4.79. The Morgan fingerprint density at radius 2 is 1.81 bits per heavy atom. The van der Waals surface area contributed by atoms with Gasteiger partial charge in [-0.3, -0.25) is 9.69 Å². The molecule has 1 aliphatic heterocycles. The number of benzene rings is 2. The quantitative estimate of drug-likeness (QED) is 0.815. The first kappa shape index (κ1) is 18.3. The van der Waals surface area contributed by atoms with Crippen molar-refractivity contribution in [3.8, 4) is 5.75 Å². The van der Waals surface area contributed by atoms with Crippen LogP contribution in [-0.2, 0) is 0 Å². The highest BCUT2D eigenvalue weighted by Crippen LogP contribution is 2.24. The maximum absolute atomic E-state index is 12.5. The second-order valence-electron chi connectivity index (χ2n) is 6.29. The monoisotopic (exact) mass is 360 g/mol. The minimum Gasteiger partial charge on any atom is -0.435 e. The maximum Gasteiger partial charge on any atom is 0.387 e. The molecule has 138 valence electrons. The molecule has 1 aliphatic rings. The number of ether oxygens (including phenoxy) is 1. The molecule has 0 aromatic heterocycles. The van der Waals surface area contributed by atoms with Gasteiger partial charge in [0.25, 0.3) is 5.91 Å². The van der Waals surface area contributed by atoms with Gasteiger partial charge in [0.1, 0.15) is 5.75 Å². The van der Waals surface area contributed by atoms with Gasteiger partial charge in [0, 0.05) is 12.1 Å². The van der Waals surface area contributed by atoms with Gasteiger partial charge in [0.05, 0.1) is 6.04 Å². The average Bonchev–Trinajstić information content (AvgIpc) is 3.17. The standard InChI is InChI=1S/C20H22F2N2O2/c21-20(22)26-17-10-6-9-16(13-17)19(25)23-14-18(24-11-4-5-12-24)15-7-2-1-3-8-15/h1-3,6-10,13,18,20H,4-5,11-12,14H2,(H,23,25). The third-order valence-corrected chi connectivity index (χ3v) is 4.54. The molecule has 3 rings (SSSR count). The van der Waals surface area contributed by atoms with Crippen molar-refractivity contribution in [2.75, 3.05) is 19.6 Å². The van der Waals surface area contributed by atoms with Crippen molar-refractivity contribution in [3.05, 3.63) is 65.7 Å². The van der Waals surface area contributed by atoms with Crippen molar-refractivity contribution in [1.29, 1.82) is 0 Å². The molecule has 0 bridgehead atoms. The zero-order valence-electron chi connectivity index (χ0n) is 14.4. The lowest BCUT2D eigenvalue weighted by atomic mass is 10.1. The molecule has 26 heavy (non-hydrogen) atoms. The van der Waals surface area contributed by atoms with Crippen molar-refractivity contribution in [2.45, 2.75) is 25.5 Å². The van der Waals surface area contributed by atoms with Gasteiger partial charge in [0.2, 0.25) is 0 Å². The van der Waals surface area contributed by atoms with E-state index in [-0.39, 0.29) is 17.7 Å². The molecule has 1 saturated heterocycles. The fraction of sp³-hybridized carbons (Fsp3) is 0.350. The van der Waals surface area contributed by atoms with Crippen LogP contribution in [0.1, 0.15) is 34.8 Å². The van der Waals surface area contributed by atoms with Crippen LogP contribution in [0.3, 0.4) is 0 Å². The van der Waals surface area contributed by atoms with Crippen LogP contribution in [-0.4, -0.2) is 37.1 Å². The van der Waals surface area contributed by atoms with Gasteiger partial charge in [-0.2, -0.15) is 8.78 Å². The lowest BCUT2D eigenvalue weighted by Crippen LogP contribution is -2.36. The van der Waals surface area contributed by atoms with Crippen LogP contribution >= 0.6 is 0 Å². The SMILES string of the molecule is O=C(NCC(c1ccccc1)N1CCCC1)c1cccc(OC(F)F)c1. The van der Waals surface area contributed by atoms with Crippen molar-refractivity contribution in [2.24, 2.45) is 0 Å². The average molecular weight is 360 g/mol. The van der Waals surface area contributed by atoms with Crippen LogP contribution in [0.4, 0.5) is 8.78 Å². The van der Waals surface area contributed by atoms with Crippen molar-refractivity contribution in [1.82, 2.24) is 10.2 Å². The topological polar surface area (TPSA) is 41.6 Å². The molecule has 2 aromatic carbocycles. The molecule has 4 nitrogen and oxygen atoms in total. The molecule has 1 amide bonds. The van der Waals surface area contributed by atoms with Gasteiger partial charge in [-0.25, -0.2) is 0 Å². The molecular formula is C20H22F2N2O2. The Morgan fingerprint density at radius 3 is 2.50 bits per heavy atom. The van der Waals surface area contributed by atoms with Gasteiger partial charge in [-0.15, -0.1) is 0 Å². The first-order valence-electron chi connectivity index (χ1n) is 8.75.